The zero-order chi connectivity index (χ0) is 15.1. The van der Waals surface area contributed by atoms with Gasteiger partial charge in [0.2, 0.25) is 5.88 Å². The van der Waals surface area contributed by atoms with E-state index in [1.165, 1.54) is 13.3 Å². The van der Waals surface area contributed by atoms with Crippen LogP contribution in [0.4, 0.5) is 16.2 Å². The SMILES string of the molecule is CCOc1cccc(NC(=O)Nc2ccc(OC)nc2)c1. The first kappa shape index (κ1) is 14.6. The highest BCUT2D eigenvalue weighted by atomic mass is 16.5. The smallest absolute Gasteiger partial charge is 0.323 e. The first-order chi connectivity index (χ1) is 10.2. The molecule has 2 rings (SSSR count). The van der Waals surface area contributed by atoms with Gasteiger partial charge < -0.3 is 20.1 Å². The molecule has 0 aliphatic heterocycles. The molecule has 0 spiro atoms. The van der Waals surface area contributed by atoms with Crippen LogP contribution in [0.3, 0.4) is 0 Å². The highest BCUT2D eigenvalue weighted by Gasteiger charge is 2.04. The molecule has 0 aliphatic carbocycles. The first-order valence-corrected chi connectivity index (χ1v) is 6.52. The van der Waals surface area contributed by atoms with Gasteiger partial charge in [0.05, 0.1) is 25.6 Å². The number of urea groups is 1. The molecule has 1 heterocycles. The zero-order valence-electron chi connectivity index (χ0n) is 11.9. The summed E-state index contributed by atoms with van der Waals surface area (Å²) in [5.41, 5.74) is 1.23. The van der Waals surface area contributed by atoms with Crippen LogP contribution in [-0.4, -0.2) is 24.7 Å². The van der Waals surface area contributed by atoms with E-state index in [9.17, 15) is 4.79 Å². The number of carbonyl (C=O) groups is 1. The second kappa shape index (κ2) is 7.14. The van der Waals surface area contributed by atoms with Gasteiger partial charge >= 0.3 is 6.03 Å². The Balaban J connectivity index is 1.95. The van der Waals surface area contributed by atoms with Gasteiger partial charge in [0.1, 0.15) is 5.75 Å². The first-order valence-electron chi connectivity index (χ1n) is 6.52. The predicted octanol–water partition coefficient (Wildman–Crippen LogP) is 3.13. The van der Waals surface area contributed by atoms with Crippen LogP contribution in [0, 0.1) is 0 Å². The van der Waals surface area contributed by atoms with Crippen LogP contribution in [-0.2, 0) is 0 Å². The maximum Gasteiger partial charge on any atom is 0.323 e. The van der Waals surface area contributed by atoms with Gasteiger partial charge in [0.25, 0.3) is 0 Å². The van der Waals surface area contributed by atoms with Gasteiger partial charge in [-0.2, -0.15) is 0 Å². The predicted molar refractivity (Wildman–Crippen MR) is 81.0 cm³/mol. The van der Waals surface area contributed by atoms with Crippen molar-refractivity contribution in [1.29, 1.82) is 0 Å². The minimum absolute atomic E-state index is 0.351. The molecule has 110 valence electrons. The Hall–Kier alpha value is -2.76. The van der Waals surface area contributed by atoms with E-state index in [4.69, 9.17) is 9.47 Å². The minimum atomic E-state index is -0.351. The average Bonchev–Trinajstić information content (AvgIpc) is 2.48. The third-order valence-corrected chi connectivity index (χ3v) is 2.61. The van der Waals surface area contributed by atoms with Crippen LogP contribution in [0.15, 0.2) is 42.6 Å². The second-order valence-electron chi connectivity index (χ2n) is 4.13. The van der Waals surface area contributed by atoms with E-state index in [0.717, 1.165) is 0 Å². The fourth-order valence-corrected chi connectivity index (χ4v) is 1.70. The summed E-state index contributed by atoms with van der Waals surface area (Å²) in [4.78, 5) is 15.9. The lowest BCUT2D eigenvalue weighted by molar-refractivity contribution is 0.262. The summed E-state index contributed by atoms with van der Waals surface area (Å²) in [7, 11) is 1.54. The molecule has 0 aliphatic rings. The summed E-state index contributed by atoms with van der Waals surface area (Å²) in [6, 6.07) is 10.2. The van der Waals surface area contributed by atoms with Gasteiger partial charge in [0.15, 0.2) is 0 Å². The molecule has 0 saturated carbocycles. The molecule has 0 saturated heterocycles. The number of nitrogens with one attached hydrogen (secondary N) is 2. The molecule has 2 aromatic rings. The van der Waals surface area contributed by atoms with E-state index in [1.807, 2.05) is 19.1 Å². The van der Waals surface area contributed by atoms with Crippen LogP contribution in [0.2, 0.25) is 0 Å². The van der Waals surface area contributed by atoms with Gasteiger partial charge in [-0.1, -0.05) is 6.07 Å². The fourth-order valence-electron chi connectivity index (χ4n) is 1.70. The van der Waals surface area contributed by atoms with Crippen molar-refractivity contribution in [2.24, 2.45) is 0 Å². The number of anilines is 2. The van der Waals surface area contributed by atoms with E-state index in [1.54, 1.807) is 24.3 Å². The van der Waals surface area contributed by atoms with E-state index in [-0.39, 0.29) is 6.03 Å². The summed E-state index contributed by atoms with van der Waals surface area (Å²) >= 11 is 0. The van der Waals surface area contributed by atoms with Crippen molar-refractivity contribution in [3.63, 3.8) is 0 Å². The molecule has 21 heavy (non-hydrogen) atoms. The Kier molecular flexibility index (Phi) is 4.98. The molecule has 2 N–H and O–H groups in total. The Morgan fingerprint density at radius 2 is 2.00 bits per heavy atom. The molecule has 1 aromatic heterocycles. The Labute approximate surface area is 123 Å². The summed E-state index contributed by atoms with van der Waals surface area (Å²) in [6.45, 7) is 2.48. The van der Waals surface area contributed by atoms with Crippen LogP contribution in [0.1, 0.15) is 6.92 Å². The van der Waals surface area contributed by atoms with E-state index < -0.39 is 0 Å². The monoisotopic (exact) mass is 287 g/mol. The Morgan fingerprint density at radius 3 is 2.67 bits per heavy atom. The molecule has 6 heteroatoms. The van der Waals surface area contributed by atoms with E-state index in [2.05, 4.69) is 15.6 Å². The minimum Gasteiger partial charge on any atom is -0.494 e. The van der Waals surface area contributed by atoms with Crippen molar-refractivity contribution < 1.29 is 14.3 Å². The lowest BCUT2D eigenvalue weighted by Crippen LogP contribution is -2.19. The van der Waals surface area contributed by atoms with Crippen LogP contribution >= 0.6 is 0 Å². The normalized spacial score (nSPS) is 9.81. The van der Waals surface area contributed by atoms with Crippen LogP contribution < -0.4 is 20.1 Å². The van der Waals surface area contributed by atoms with Gasteiger partial charge in [-0.15, -0.1) is 0 Å². The van der Waals surface area contributed by atoms with Crippen molar-refractivity contribution in [3.05, 3.63) is 42.6 Å². The molecule has 0 bridgehead atoms. The topological polar surface area (TPSA) is 72.5 Å². The van der Waals surface area contributed by atoms with Crippen LogP contribution in [0.5, 0.6) is 11.6 Å². The number of pyridine rings is 1. The lowest BCUT2D eigenvalue weighted by Gasteiger charge is -2.09. The highest BCUT2D eigenvalue weighted by Crippen LogP contribution is 2.18. The second-order valence-corrected chi connectivity index (χ2v) is 4.13. The molecule has 1 aromatic carbocycles. The van der Waals surface area contributed by atoms with Crippen molar-refractivity contribution in [2.75, 3.05) is 24.4 Å². The quantitative estimate of drug-likeness (QED) is 0.886. The summed E-state index contributed by atoms with van der Waals surface area (Å²) in [5, 5.41) is 5.41. The third-order valence-electron chi connectivity index (χ3n) is 2.61. The standard InChI is InChI=1S/C15H17N3O3/c1-3-21-13-6-4-5-11(9-13)17-15(19)18-12-7-8-14(20-2)16-10-12/h4-10H,3H2,1-2H3,(H2,17,18,19). The van der Waals surface area contributed by atoms with Crippen LogP contribution in [0.25, 0.3) is 0 Å². The lowest BCUT2D eigenvalue weighted by atomic mass is 10.3. The Bertz CT molecular complexity index is 599. The molecule has 0 fully saturated rings. The number of hydrogen-bond acceptors (Lipinski definition) is 4. The number of aromatic nitrogens is 1. The number of methoxy groups -OCH3 is 1. The van der Waals surface area contributed by atoms with Crippen molar-refractivity contribution in [3.8, 4) is 11.6 Å². The molecule has 2 amide bonds. The number of benzene rings is 1. The van der Waals surface area contributed by atoms with Crippen molar-refractivity contribution in [2.45, 2.75) is 6.92 Å². The highest BCUT2D eigenvalue weighted by molar-refractivity contribution is 5.99. The number of carbonyl (C=O) groups excluding carboxylic acids is 1. The molecule has 0 atom stereocenters. The van der Waals surface area contributed by atoms with E-state index >= 15 is 0 Å². The summed E-state index contributed by atoms with van der Waals surface area (Å²) in [6.07, 6.45) is 1.52. The third kappa shape index (κ3) is 4.38. The van der Waals surface area contributed by atoms with Crippen molar-refractivity contribution >= 4 is 17.4 Å². The fraction of sp³-hybridized carbons (Fsp3) is 0.200. The number of hydrogen-bond donors (Lipinski definition) is 2. The van der Waals surface area contributed by atoms with Gasteiger partial charge in [0, 0.05) is 17.8 Å². The van der Waals surface area contributed by atoms with Gasteiger partial charge in [-0.3, -0.25) is 0 Å². The number of nitrogens with zero attached hydrogens (tertiary/aromatic N) is 1. The van der Waals surface area contributed by atoms with E-state index in [0.29, 0.717) is 29.6 Å². The molecular formula is C15H17N3O3. The molecule has 0 radical (unpaired) electrons. The largest absolute Gasteiger partial charge is 0.494 e. The molecular weight excluding hydrogens is 270 g/mol. The number of rotatable bonds is 5. The Morgan fingerprint density at radius 1 is 1.19 bits per heavy atom. The maximum atomic E-state index is 11.9. The average molecular weight is 287 g/mol. The van der Waals surface area contributed by atoms with Gasteiger partial charge in [-0.25, -0.2) is 9.78 Å². The maximum absolute atomic E-state index is 11.9. The summed E-state index contributed by atoms with van der Waals surface area (Å²) < 4.78 is 10.3. The molecule has 0 unspecified atom stereocenters. The number of amides is 2. The number of ether oxygens (including phenoxy) is 2. The van der Waals surface area contributed by atoms with Gasteiger partial charge in [-0.05, 0) is 25.1 Å². The summed E-state index contributed by atoms with van der Waals surface area (Å²) in [5.74, 6) is 1.20. The molecule has 6 nitrogen and oxygen atoms in total. The van der Waals surface area contributed by atoms with Crippen molar-refractivity contribution in [1.82, 2.24) is 4.98 Å². The zero-order valence-corrected chi connectivity index (χ0v) is 11.9.